The van der Waals surface area contributed by atoms with Crippen molar-refractivity contribution in [1.29, 1.82) is 0 Å². The molecule has 0 aliphatic carbocycles. The highest BCUT2D eigenvalue weighted by atomic mass is 16.4. The summed E-state index contributed by atoms with van der Waals surface area (Å²) in [6.07, 6.45) is 3.17. The number of nitrogens with two attached hydrogens (primary N) is 1. The van der Waals surface area contributed by atoms with Crippen molar-refractivity contribution in [3.63, 3.8) is 0 Å². The van der Waals surface area contributed by atoms with E-state index in [-0.39, 0.29) is 6.42 Å². The van der Waals surface area contributed by atoms with Gasteiger partial charge in [0, 0.05) is 6.20 Å². The van der Waals surface area contributed by atoms with Crippen molar-refractivity contribution in [2.75, 3.05) is 0 Å². The first-order valence-corrected chi connectivity index (χ1v) is 3.37. The second-order valence-electron chi connectivity index (χ2n) is 2.24. The number of allylic oxidation sites excluding steroid dienone is 1. The molecule has 0 aromatic heterocycles. The Balaban J connectivity index is 4.20. The molecule has 66 valence electrons. The number of carbonyl (C=O) groups is 1. The maximum atomic E-state index is 10.3. The molecule has 0 unspecified atom stereocenters. The number of aliphatic carboxylic acids is 1. The molecule has 0 fully saturated rings. The minimum Gasteiger partial charge on any atom is -0.480 e. The quantitative estimate of drug-likeness (QED) is 0.465. The number of rotatable bonds is 5. The van der Waals surface area contributed by atoms with Crippen LogP contribution in [0.25, 0.3) is 0 Å². The fourth-order valence-electron chi connectivity index (χ4n) is 0.647. The third-order valence-electron chi connectivity index (χ3n) is 1.29. The maximum absolute atomic E-state index is 10.3. The molecule has 0 aliphatic rings. The van der Waals surface area contributed by atoms with Gasteiger partial charge in [0.1, 0.15) is 6.04 Å². The van der Waals surface area contributed by atoms with Crippen molar-refractivity contribution < 1.29 is 9.90 Å². The van der Waals surface area contributed by atoms with Crippen LogP contribution in [0.3, 0.4) is 0 Å². The van der Waals surface area contributed by atoms with Crippen LogP contribution in [0.2, 0.25) is 0 Å². The van der Waals surface area contributed by atoms with Gasteiger partial charge in [-0.15, -0.1) is 0 Å². The molecular formula is C8H12N2O2. The molecule has 0 rings (SSSR count). The highest BCUT2D eigenvalue weighted by Crippen LogP contribution is 2.05. The molecule has 3 N–H and O–H groups in total. The lowest BCUT2D eigenvalue weighted by atomic mass is 10.1. The van der Waals surface area contributed by atoms with E-state index in [1.54, 1.807) is 0 Å². The Hall–Kier alpha value is -1.42. The Morgan fingerprint density at radius 3 is 2.67 bits per heavy atom. The van der Waals surface area contributed by atoms with Crippen molar-refractivity contribution in [2.45, 2.75) is 12.5 Å². The van der Waals surface area contributed by atoms with Crippen LogP contribution in [-0.2, 0) is 4.79 Å². The zero-order chi connectivity index (χ0) is 9.56. The molecule has 0 spiro atoms. The number of carboxylic acid groups (broad SMARTS) is 1. The van der Waals surface area contributed by atoms with Crippen LogP contribution >= 0.6 is 0 Å². The average Bonchev–Trinajstić information content (AvgIpc) is 2.03. The summed E-state index contributed by atoms with van der Waals surface area (Å²) in [6, 6.07) is -0.906. The highest BCUT2D eigenvalue weighted by Gasteiger charge is 2.11. The molecule has 4 heteroatoms. The van der Waals surface area contributed by atoms with E-state index in [0.717, 1.165) is 0 Å². The zero-order valence-electron chi connectivity index (χ0n) is 6.73. The molecular weight excluding hydrogens is 156 g/mol. The second-order valence-corrected chi connectivity index (χ2v) is 2.24. The third kappa shape index (κ3) is 3.68. The summed E-state index contributed by atoms with van der Waals surface area (Å²) in [7, 11) is 0. The first kappa shape index (κ1) is 10.6. The third-order valence-corrected chi connectivity index (χ3v) is 1.29. The van der Waals surface area contributed by atoms with Gasteiger partial charge in [-0.25, -0.2) is 0 Å². The van der Waals surface area contributed by atoms with Gasteiger partial charge in [-0.1, -0.05) is 12.7 Å². The zero-order valence-corrected chi connectivity index (χ0v) is 6.73. The van der Waals surface area contributed by atoms with Crippen LogP contribution in [0.15, 0.2) is 29.4 Å². The standard InChI is InChI=1S/C8H12N2O2/c1-3-6(5-10-2)4-7(9)8(11)12/h3,5,7H,1-2,4,9H2,(H,11,12)/b6-5+/t7-/m0/s1. The summed E-state index contributed by atoms with van der Waals surface area (Å²) in [5.74, 6) is -1.04. The number of carboxylic acids is 1. The Kier molecular flexibility index (Phi) is 4.64. The Labute approximate surface area is 71.1 Å². The molecule has 4 nitrogen and oxygen atoms in total. The molecule has 0 radical (unpaired) electrons. The summed E-state index contributed by atoms with van der Waals surface area (Å²) in [5, 5.41) is 8.46. The van der Waals surface area contributed by atoms with Crippen LogP contribution < -0.4 is 5.73 Å². The van der Waals surface area contributed by atoms with Gasteiger partial charge in [0.15, 0.2) is 0 Å². The van der Waals surface area contributed by atoms with Crippen LogP contribution in [0.5, 0.6) is 0 Å². The Morgan fingerprint density at radius 2 is 2.33 bits per heavy atom. The Morgan fingerprint density at radius 1 is 1.75 bits per heavy atom. The fraction of sp³-hybridized carbons (Fsp3) is 0.250. The van der Waals surface area contributed by atoms with Crippen molar-refractivity contribution in [3.05, 3.63) is 24.4 Å². The van der Waals surface area contributed by atoms with E-state index in [2.05, 4.69) is 18.3 Å². The van der Waals surface area contributed by atoms with Crippen molar-refractivity contribution in [2.24, 2.45) is 10.7 Å². The molecule has 0 saturated heterocycles. The first-order chi connectivity index (χ1) is 5.61. The predicted molar refractivity (Wildman–Crippen MR) is 48.1 cm³/mol. The van der Waals surface area contributed by atoms with Gasteiger partial charge in [-0.3, -0.25) is 9.79 Å². The van der Waals surface area contributed by atoms with E-state index in [9.17, 15) is 4.79 Å². The Bertz CT molecular complexity index is 221. The van der Waals surface area contributed by atoms with Gasteiger partial charge in [0.05, 0.1) is 0 Å². The minimum atomic E-state index is -1.04. The van der Waals surface area contributed by atoms with E-state index in [1.807, 2.05) is 0 Å². The molecule has 0 aromatic carbocycles. The van der Waals surface area contributed by atoms with E-state index >= 15 is 0 Å². The fourth-order valence-corrected chi connectivity index (χ4v) is 0.647. The van der Waals surface area contributed by atoms with E-state index < -0.39 is 12.0 Å². The van der Waals surface area contributed by atoms with Crippen molar-refractivity contribution in [1.82, 2.24) is 0 Å². The first-order valence-electron chi connectivity index (χ1n) is 3.37. The summed E-state index contributed by atoms with van der Waals surface area (Å²) in [4.78, 5) is 13.8. The van der Waals surface area contributed by atoms with Crippen molar-refractivity contribution >= 4 is 12.7 Å². The second kappa shape index (κ2) is 5.26. The van der Waals surface area contributed by atoms with Gasteiger partial charge in [0.25, 0.3) is 0 Å². The van der Waals surface area contributed by atoms with Gasteiger partial charge in [-0.2, -0.15) is 0 Å². The van der Waals surface area contributed by atoms with Crippen LogP contribution in [0, 0.1) is 0 Å². The van der Waals surface area contributed by atoms with Gasteiger partial charge < -0.3 is 10.8 Å². The molecule has 0 heterocycles. The number of hydrogen-bond donors (Lipinski definition) is 2. The molecule has 0 amide bonds. The number of hydrogen-bond acceptors (Lipinski definition) is 3. The monoisotopic (exact) mass is 168 g/mol. The lowest BCUT2D eigenvalue weighted by molar-refractivity contribution is -0.138. The SMILES string of the molecule is C=C/C(=C\N=C)C[C@H](N)C(=O)O. The molecule has 0 saturated carbocycles. The molecule has 1 atom stereocenters. The van der Waals surface area contributed by atoms with E-state index in [0.29, 0.717) is 5.57 Å². The van der Waals surface area contributed by atoms with Gasteiger partial charge in [0.2, 0.25) is 0 Å². The van der Waals surface area contributed by atoms with E-state index in [4.69, 9.17) is 10.8 Å². The maximum Gasteiger partial charge on any atom is 0.320 e. The van der Waals surface area contributed by atoms with Crippen LogP contribution in [0.1, 0.15) is 6.42 Å². The lowest BCUT2D eigenvalue weighted by Crippen LogP contribution is -2.30. The molecule has 0 aliphatic heterocycles. The number of aliphatic imine (C=N–C) groups is 1. The average molecular weight is 168 g/mol. The highest BCUT2D eigenvalue weighted by molar-refractivity contribution is 5.73. The summed E-state index contributed by atoms with van der Waals surface area (Å²) in [6.45, 7) is 6.73. The smallest absolute Gasteiger partial charge is 0.320 e. The lowest BCUT2D eigenvalue weighted by Gasteiger charge is -2.05. The summed E-state index contributed by atoms with van der Waals surface area (Å²) >= 11 is 0. The summed E-state index contributed by atoms with van der Waals surface area (Å²) in [5.41, 5.74) is 5.94. The molecule has 0 aromatic rings. The summed E-state index contributed by atoms with van der Waals surface area (Å²) < 4.78 is 0. The topological polar surface area (TPSA) is 75.7 Å². The predicted octanol–water partition coefficient (Wildman–Crippen LogP) is 0.559. The van der Waals surface area contributed by atoms with Crippen LogP contribution in [0.4, 0.5) is 0 Å². The molecule has 12 heavy (non-hydrogen) atoms. The van der Waals surface area contributed by atoms with Crippen LogP contribution in [-0.4, -0.2) is 23.8 Å². The van der Waals surface area contributed by atoms with Gasteiger partial charge in [-0.05, 0) is 18.7 Å². The van der Waals surface area contributed by atoms with E-state index in [1.165, 1.54) is 12.3 Å². The van der Waals surface area contributed by atoms with Crippen molar-refractivity contribution in [3.8, 4) is 0 Å². The number of nitrogens with zero attached hydrogens (tertiary/aromatic N) is 1. The minimum absolute atomic E-state index is 0.220. The normalized spacial score (nSPS) is 13.6. The molecule has 0 bridgehead atoms. The van der Waals surface area contributed by atoms with Gasteiger partial charge >= 0.3 is 5.97 Å². The largest absolute Gasteiger partial charge is 0.480 e.